The summed E-state index contributed by atoms with van der Waals surface area (Å²) < 4.78 is 11.9. The molecule has 1 atom stereocenters. The zero-order valence-electron chi connectivity index (χ0n) is 17.5. The van der Waals surface area contributed by atoms with Crippen molar-refractivity contribution >= 4 is 10.9 Å². The van der Waals surface area contributed by atoms with Crippen LogP contribution in [0.3, 0.4) is 0 Å². The molecule has 1 aromatic heterocycles. The molecule has 0 aliphatic rings. The summed E-state index contributed by atoms with van der Waals surface area (Å²) >= 11 is 0. The average Bonchev–Trinajstić information content (AvgIpc) is 2.81. The molecular weight excluding hydrogens is 370 g/mol. The first kappa shape index (κ1) is 20.0. The van der Waals surface area contributed by atoms with Crippen LogP contribution >= 0.6 is 0 Å². The van der Waals surface area contributed by atoms with Crippen molar-refractivity contribution < 1.29 is 9.47 Å². The predicted octanol–water partition coefficient (Wildman–Crippen LogP) is 6.91. The molecule has 0 saturated heterocycles. The fourth-order valence-electron chi connectivity index (χ4n) is 3.34. The van der Waals surface area contributed by atoms with E-state index >= 15 is 0 Å². The quantitative estimate of drug-likeness (QED) is 0.324. The number of para-hydroxylation sites is 1. The van der Waals surface area contributed by atoms with E-state index in [4.69, 9.17) is 9.47 Å². The maximum atomic E-state index is 5.99. The smallest absolute Gasteiger partial charge is 0.130 e. The molecule has 1 heterocycles. The van der Waals surface area contributed by atoms with Crippen LogP contribution < -0.4 is 9.47 Å². The molecule has 0 spiro atoms. The van der Waals surface area contributed by atoms with E-state index in [-0.39, 0.29) is 0 Å². The van der Waals surface area contributed by atoms with E-state index in [0.717, 1.165) is 40.1 Å². The van der Waals surface area contributed by atoms with Crippen molar-refractivity contribution in [2.75, 3.05) is 0 Å². The Morgan fingerprint density at radius 2 is 1.57 bits per heavy atom. The van der Waals surface area contributed by atoms with Gasteiger partial charge in [0.1, 0.15) is 24.7 Å². The van der Waals surface area contributed by atoms with Gasteiger partial charge in [0.2, 0.25) is 0 Å². The predicted molar refractivity (Wildman–Crippen MR) is 122 cm³/mol. The fraction of sp³-hybridized carbons (Fsp3) is 0.222. The van der Waals surface area contributed by atoms with Crippen LogP contribution in [0.15, 0.2) is 84.9 Å². The Labute approximate surface area is 178 Å². The first-order chi connectivity index (χ1) is 14.7. The molecule has 0 amide bonds. The van der Waals surface area contributed by atoms with Crippen LogP contribution in [0.25, 0.3) is 10.9 Å². The lowest BCUT2D eigenvalue weighted by molar-refractivity contribution is 0.298. The summed E-state index contributed by atoms with van der Waals surface area (Å²) in [6.45, 7) is 5.43. The van der Waals surface area contributed by atoms with Gasteiger partial charge in [0, 0.05) is 5.39 Å². The molecule has 0 radical (unpaired) electrons. The molecule has 0 aliphatic heterocycles. The van der Waals surface area contributed by atoms with Crippen molar-refractivity contribution in [2.24, 2.45) is 0 Å². The fourth-order valence-corrected chi connectivity index (χ4v) is 3.34. The molecule has 30 heavy (non-hydrogen) atoms. The highest BCUT2D eigenvalue weighted by Crippen LogP contribution is 2.24. The highest BCUT2D eigenvalue weighted by molar-refractivity contribution is 5.78. The molecular formula is C27H27NO2. The maximum absolute atomic E-state index is 5.99. The Morgan fingerprint density at radius 1 is 0.767 bits per heavy atom. The molecule has 3 heteroatoms. The van der Waals surface area contributed by atoms with Gasteiger partial charge < -0.3 is 9.47 Å². The molecule has 0 aliphatic carbocycles. The van der Waals surface area contributed by atoms with Gasteiger partial charge in [0.05, 0.1) is 11.2 Å². The number of nitrogens with zero attached hydrogens (tertiary/aromatic N) is 1. The van der Waals surface area contributed by atoms with E-state index in [1.807, 2.05) is 54.6 Å². The van der Waals surface area contributed by atoms with E-state index in [2.05, 4.69) is 49.2 Å². The van der Waals surface area contributed by atoms with Crippen LogP contribution in [0.1, 0.15) is 43.0 Å². The molecule has 3 nitrogen and oxygen atoms in total. The molecule has 4 aromatic rings. The summed E-state index contributed by atoms with van der Waals surface area (Å²) in [5, 5.41) is 1.14. The normalized spacial score (nSPS) is 11.9. The number of hydrogen-bond acceptors (Lipinski definition) is 3. The number of aromatic nitrogens is 1. The zero-order chi connectivity index (χ0) is 20.8. The molecule has 1 unspecified atom stereocenters. The van der Waals surface area contributed by atoms with Gasteiger partial charge >= 0.3 is 0 Å². The van der Waals surface area contributed by atoms with E-state index < -0.39 is 0 Å². The number of hydrogen-bond donors (Lipinski definition) is 0. The minimum Gasteiger partial charge on any atom is -0.489 e. The van der Waals surface area contributed by atoms with Crippen molar-refractivity contribution in [2.45, 2.75) is 39.4 Å². The number of fused-ring (bicyclic) bond motifs is 1. The third-order valence-electron chi connectivity index (χ3n) is 5.41. The second kappa shape index (κ2) is 9.45. The zero-order valence-corrected chi connectivity index (χ0v) is 17.5. The molecule has 0 bridgehead atoms. The van der Waals surface area contributed by atoms with Crippen molar-refractivity contribution in [1.29, 1.82) is 0 Å². The van der Waals surface area contributed by atoms with Gasteiger partial charge in [-0.2, -0.15) is 0 Å². The van der Waals surface area contributed by atoms with Gasteiger partial charge in [-0.15, -0.1) is 0 Å². The van der Waals surface area contributed by atoms with Crippen LogP contribution in [-0.2, 0) is 13.2 Å². The largest absolute Gasteiger partial charge is 0.489 e. The lowest BCUT2D eigenvalue weighted by Crippen LogP contribution is -1.99. The van der Waals surface area contributed by atoms with Crippen LogP contribution in [0.4, 0.5) is 0 Å². The topological polar surface area (TPSA) is 31.4 Å². The van der Waals surface area contributed by atoms with Gasteiger partial charge in [0.15, 0.2) is 0 Å². The Morgan fingerprint density at radius 3 is 2.40 bits per heavy atom. The molecule has 0 fully saturated rings. The SMILES string of the molecule is CCC(C)c1cccc(OCc2ccc(OCc3ccc4ccccc4n3)cc2)c1. The second-order valence-corrected chi connectivity index (χ2v) is 7.60. The number of rotatable bonds is 8. The first-order valence-corrected chi connectivity index (χ1v) is 10.5. The van der Waals surface area contributed by atoms with Crippen LogP contribution in [0.2, 0.25) is 0 Å². The van der Waals surface area contributed by atoms with Gasteiger partial charge in [-0.05, 0) is 59.9 Å². The lowest BCUT2D eigenvalue weighted by Gasteiger charge is -2.12. The van der Waals surface area contributed by atoms with E-state index in [1.165, 1.54) is 5.56 Å². The van der Waals surface area contributed by atoms with Crippen molar-refractivity contribution in [1.82, 2.24) is 4.98 Å². The van der Waals surface area contributed by atoms with Crippen LogP contribution in [0, 0.1) is 0 Å². The van der Waals surface area contributed by atoms with Gasteiger partial charge in [-0.25, -0.2) is 4.98 Å². The highest BCUT2D eigenvalue weighted by atomic mass is 16.5. The summed E-state index contributed by atoms with van der Waals surface area (Å²) in [5.74, 6) is 2.28. The van der Waals surface area contributed by atoms with Crippen LogP contribution in [0.5, 0.6) is 11.5 Å². The second-order valence-electron chi connectivity index (χ2n) is 7.60. The lowest BCUT2D eigenvalue weighted by atomic mass is 9.99. The van der Waals surface area contributed by atoms with Gasteiger partial charge in [-0.1, -0.05) is 62.4 Å². The van der Waals surface area contributed by atoms with Crippen LogP contribution in [-0.4, -0.2) is 4.98 Å². The molecule has 0 saturated carbocycles. The summed E-state index contributed by atoms with van der Waals surface area (Å²) in [6, 6.07) is 28.6. The standard InChI is InChI=1S/C27H27NO2/c1-3-20(2)23-8-6-9-26(17-23)29-18-21-11-15-25(16-12-21)30-19-24-14-13-22-7-4-5-10-27(22)28-24/h4-17,20H,3,18-19H2,1-2H3. The number of pyridine rings is 1. The summed E-state index contributed by atoms with van der Waals surface area (Å²) in [5.41, 5.74) is 4.34. The number of ether oxygens (including phenoxy) is 2. The van der Waals surface area contributed by atoms with Crippen molar-refractivity contribution in [3.05, 3.63) is 102 Å². The van der Waals surface area contributed by atoms with Crippen molar-refractivity contribution in [3.8, 4) is 11.5 Å². The summed E-state index contributed by atoms with van der Waals surface area (Å²) in [6.07, 6.45) is 1.12. The Hall–Kier alpha value is -3.33. The highest BCUT2D eigenvalue weighted by Gasteiger charge is 2.05. The van der Waals surface area contributed by atoms with E-state index in [1.54, 1.807) is 0 Å². The van der Waals surface area contributed by atoms with Gasteiger partial charge in [0.25, 0.3) is 0 Å². The van der Waals surface area contributed by atoms with E-state index in [0.29, 0.717) is 19.1 Å². The maximum Gasteiger partial charge on any atom is 0.130 e. The first-order valence-electron chi connectivity index (χ1n) is 10.5. The minimum absolute atomic E-state index is 0.448. The summed E-state index contributed by atoms with van der Waals surface area (Å²) in [7, 11) is 0. The molecule has 0 N–H and O–H groups in total. The molecule has 152 valence electrons. The summed E-state index contributed by atoms with van der Waals surface area (Å²) in [4.78, 5) is 4.65. The Kier molecular flexibility index (Phi) is 6.29. The Balaban J connectivity index is 1.32. The minimum atomic E-state index is 0.448. The van der Waals surface area contributed by atoms with Crippen molar-refractivity contribution in [3.63, 3.8) is 0 Å². The molecule has 4 rings (SSSR count). The molecule has 3 aromatic carbocycles. The number of benzene rings is 3. The average molecular weight is 398 g/mol. The third-order valence-corrected chi connectivity index (χ3v) is 5.41. The van der Waals surface area contributed by atoms with Gasteiger partial charge in [-0.3, -0.25) is 0 Å². The third kappa shape index (κ3) is 4.98. The Bertz CT molecular complexity index is 1110. The van der Waals surface area contributed by atoms with E-state index in [9.17, 15) is 0 Å². The monoisotopic (exact) mass is 397 g/mol.